The third kappa shape index (κ3) is 2.71. The summed E-state index contributed by atoms with van der Waals surface area (Å²) in [6.45, 7) is 1.96. The Morgan fingerprint density at radius 3 is 2.68 bits per heavy atom. The van der Waals surface area contributed by atoms with E-state index in [1.165, 1.54) is 11.8 Å². The minimum absolute atomic E-state index is 0.165. The van der Waals surface area contributed by atoms with Crippen LogP contribution in [0.2, 0.25) is 0 Å². The molecular weight excluding hydrogens is 374 g/mol. The highest BCUT2D eigenvalue weighted by Crippen LogP contribution is 2.43. The molecule has 1 unspecified atom stereocenters. The average molecular weight is 395 g/mol. The van der Waals surface area contributed by atoms with Gasteiger partial charge < -0.3 is 14.8 Å². The van der Waals surface area contributed by atoms with Gasteiger partial charge in [0.2, 0.25) is 5.43 Å². The van der Waals surface area contributed by atoms with Crippen LogP contribution in [0.5, 0.6) is 0 Å². The summed E-state index contributed by atoms with van der Waals surface area (Å²) < 4.78 is 1.96. The molecule has 5 nitrogen and oxygen atoms in total. The number of aromatic carboxylic acids is 1. The van der Waals surface area contributed by atoms with E-state index in [1.807, 2.05) is 23.6 Å². The molecule has 0 radical (unpaired) electrons. The topological polar surface area (TPSA) is 79.5 Å². The van der Waals surface area contributed by atoms with E-state index in [-0.39, 0.29) is 17.7 Å². The molecule has 2 aliphatic rings. The van der Waals surface area contributed by atoms with Crippen LogP contribution in [0.3, 0.4) is 0 Å². The number of hydrogen-bond donors (Lipinski definition) is 2. The molecule has 6 heteroatoms. The Bertz CT molecular complexity index is 1190. The number of aliphatic hydroxyl groups excluding tert-OH is 1. The fourth-order valence-electron chi connectivity index (χ4n) is 4.25. The number of nitrogens with zero attached hydrogens (tertiary/aromatic N) is 1. The summed E-state index contributed by atoms with van der Waals surface area (Å²) in [6.07, 6.45) is 5.92. The number of fused-ring (bicyclic) bond motifs is 2. The second kappa shape index (κ2) is 6.29. The van der Waals surface area contributed by atoms with E-state index < -0.39 is 11.4 Å². The molecular formula is C22H21NO4S. The molecule has 2 heterocycles. The molecule has 0 aliphatic heterocycles. The highest BCUT2D eigenvalue weighted by Gasteiger charge is 2.28. The van der Waals surface area contributed by atoms with Crippen LogP contribution in [-0.4, -0.2) is 20.7 Å². The lowest BCUT2D eigenvalue weighted by Gasteiger charge is -2.16. The molecule has 3 aromatic rings. The molecule has 2 N–H and O–H groups in total. The van der Waals surface area contributed by atoms with Gasteiger partial charge in [-0.2, -0.15) is 0 Å². The summed E-state index contributed by atoms with van der Waals surface area (Å²) in [5, 5.41) is 20.2. The number of carbonyl (C=O) groups is 1. The maximum atomic E-state index is 12.7. The highest BCUT2D eigenvalue weighted by molar-refractivity contribution is 7.15. The summed E-state index contributed by atoms with van der Waals surface area (Å²) in [6, 6.07) is 6.28. The quantitative estimate of drug-likeness (QED) is 0.687. The van der Waals surface area contributed by atoms with Crippen LogP contribution in [-0.2, 0) is 6.42 Å². The lowest BCUT2D eigenvalue weighted by Crippen LogP contribution is -2.18. The van der Waals surface area contributed by atoms with Crippen molar-refractivity contribution < 1.29 is 15.0 Å². The number of benzene rings is 1. The number of aliphatic hydroxyl groups is 1. The van der Waals surface area contributed by atoms with Crippen molar-refractivity contribution in [2.75, 3.05) is 0 Å². The lowest BCUT2D eigenvalue weighted by atomic mass is 9.95. The Labute approximate surface area is 165 Å². The number of rotatable bonds is 3. The SMILES string of the molecule is Cc1cc2c(=O)c(C(=O)O)cn(C3CC3)c2cc1-c1cc2c(s1)C(O)CCC2. The minimum Gasteiger partial charge on any atom is -0.477 e. The second-order valence-electron chi connectivity index (χ2n) is 7.91. The van der Waals surface area contributed by atoms with E-state index in [4.69, 9.17) is 0 Å². The molecule has 1 aromatic carbocycles. The Morgan fingerprint density at radius 1 is 1.21 bits per heavy atom. The van der Waals surface area contributed by atoms with Crippen LogP contribution >= 0.6 is 11.3 Å². The minimum atomic E-state index is -1.18. The van der Waals surface area contributed by atoms with Crippen molar-refractivity contribution in [2.24, 2.45) is 0 Å². The van der Waals surface area contributed by atoms with Crippen molar-refractivity contribution in [1.82, 2.24) is 4.57 Å². The van der Waals surface area contributed by atoms with Crippen LogP contribution in [0, 0.1) is 6.92 Å². The van der Waals surface area contributed by atoms with Gasteiger partial charge in [0, 0.05) is 27.4 Å². The van der Waals surface area contributed by atoms with Gasteiger partial charge in [-0.25, -0.2) is 4.79 Å². The molecule has 1 fully saturated rings. The van der Waals surface area contributed by atoms with Gasteiger partial charge in [-0.15, -0.1) is 11.3 Å². The molecule has 0 spiro atoms. The summed E-state index contributed by atoms with van der Waals surface area (Å²) in [5.41, 5.74) is 3.43. The van der Waals surface area contributed by atoms with E-state index in [0.29, 0.717) is 5.39 Å². The standard InChI is InChI=1S/C22H21NO4S/c1-11-7-15-17(23(13-5-6-13)10-16(20(15)25)22(26)27)9-14(11)19-8-12-3-2-4-18(24)21(12)28-19/h7-10,13,18,24H,2-6H2,1H3,(H,26,27). The van der Waals surface area contributed by atoms with Crippen LogP contribution in [0.4, 0.5) is 0 Å². The third-order valence-corrected chi connectivity index (χ3v) is 7.19. The second-order valence-corrected chi connectivity index (χ2v) is 8.99. The molecule has 0 saturated heterocycles. The van der Waals surface area contributed by atoms with Gasteiger partial charge in [0.05, 0.1) is 11.6 Å². The van der Waals surface area contributed by atoms with Crippen molar-refractivity contribution >= 4 is 28.2 Å². The maximum Gasteiger partial charge on any atom is 0.341 e. The average Bonchev–Trinajstić information content (AvgIpc) is 3.40. The monoisotopic (exact) mass is 395 g/mol. The maximum absolute atomic E-state index is 12.7. The number of pyridine rings is 1. The smallest absolute Gasteiger partial charge is 0.341 e. The highest BCUT2D eigenvalue weighted by atomic mass is 32.1. The Balaban J connectivity index is 1.75. The fourth-order valence-corrected chi connectivity index (χ4v) is 5.56. The molecule has 2 aromatic heterocycles. The first-order valence-corrected chi connectivity index (χ1v) is 10.5. The van der Waals surface area contributed by atoms with E-state index >= 15 is 0 Å². The largest absolute Gasteiger partial charge is 0.477 e. The van der Waals surface area contributed by atoms with Crippen molar-refractivity contribution in [2.45, 2.75) is 51.2 Å². The van der Waals surface area contributed by atoms with Crippen molar-refractivity contribution in [3.63, 3.8) is 0 Å². The van der Waals surface area contributed by atoms with E-state index in [1.54, 1.807) is 11.3 Å². The van der Waals surface area contributed by atoms with Crippen LogP contribution < -0.4 is 5.43 Å². The predicted molar refractivity (Wildman–Crippen MR) is 109 cm³/mol. The first-order valence-electron chi connectivity index (χ1n) is 9.68. The Hall–Kier alpha value is -2.44. The molecule has 0 bridgehead atoms. The first kappa shape index (κ1) is 17.6. The Morgan fingerprint density at radius 2 is 2.00 bits per heavy atom. The fraction of sp³-hybridized carbons (Fsp3) is 0.364. The van der Waals surface area contributed by atoms with Gasteiger partial charge in [0.1, 0.15) is 5.56 Å². The van der Waals surface area contributed by atoms with Crippen LogP contribution in [0.1, 0.15) is 64.2 Å². The predicted octanol–water partition coefficient (Wildman–Crippen LogP) is 4.44. The zero-order valence-corrected chi connectivity index (χ0v) is 16.4. The molecule has 0 amide bonds. The number of aromatic nitrogens is 1. The van der Waals surface area contributed by atoms with Gasteiger partial charge in [-0.1, -0.05) is 0 Å². The van der Waals surface area contributed by atoms with E-state index in [9.17, 15) is 19.8 Å². The Kier molecular flexibility index (Phi) is 3.96. The van der Waals surface area contributed by atoms with Crippen molar-refractivity contribution in [1.29, 1.82) is 0 Å². The first-order chi connectivity index (χ1) is 13.4. The number of thiophene rings is 1. The normalized spacial score (nSPS) is 19.0. The molecule has 1 saturated carbocycles. The zero-order valence-electron chi connectivity index (χ0n) is 15.6. The third-order valence-electron chi connectivity index (χ3n) is 5.88. The lowest BCUT2D eigenvalue weighted by molar-refractivity contribution is 0.0695. The number of hydrogen-bond acceptors (Lipinski definition) is 4. The summed E-state index contributed by atoms with van der Waals surface area (Å²) in [5.74, 6) is -1.18. The van der Waals surface area contributed by atoms with Gasteiger partial charge in [-0.3, -0.25) is 4.79 Å². The van der Waals surface area contributed by atoms with Gasteiger partial charge in [0.25, 0.3) is 0 Å². The van der Waals surface area contributed by atoms with Crippen molar-refractivity contribution in [3.05, 3.63) is 56.2 Å². The molecule has 2 aliphatic carbocycles. The zero-order chi connectivity index (χ0) is 19.6. The van der Waals surface area contributed by atoms with E-state index in [0.717, 1.165) is 58.5 Å². The number of carboxylic acids is 1. The molecule has 5 rings (SSSR count). The number of carboxylic acid groups (broad SMARTS) is 1. The summed E-state index contributed by atoms with van der Waals surface area (Å²) >= 11 is 1.63. The van der Waals surface area contributed by atoms with Crippen molar-refractivity contribution in [3.8, 4) is 10.4 Å². The van der Waals surface area contributed by atoms with Gasteiger partial charge in [0.15, 0.2) is 0 Å². The molecule has 144 valence electrons. The summed E-state index contributed by atoms with van der Waals surface area (Å²) in [7, 11) is 0. The molecule has 1 atom stereocenters. The van der Waals surface area contributed by atoms with Crippen LogP contribution in [0.25, 0.3) is 21.3 Å². The molecule has 28 heavy (non-hydrogen) atoms. The number of aryl methyl sites for hydroxylation is 2. The van der Waals surface area contributed by atoms with Crippen LogP contribution in [0.15, 0.2) is 29.2 Å². The summed E-state index contributed by atoms with van der Waals surface area (Å²) in [4.78, 5) is 26.4. The van der Waals surface area contributed by atoms with Gasteiger partial charge in [-0.05, 0) is 73.9 Å². The van der Waals surface area contributed by atoms with Gasteiger partial charge >= 0.3 is 5.97 Å². The van der Waals surface area contributed by atoms with E-state index in [2.05, 4.69) is 6.07 Å².